The zero-order chi connectivity index (χ0) is 32.9. The maximum atomic E-state index is 15.8. The van der Waals surface area contributed by atoms with Gasteiger partial charge in [0, 0.05) is 16.3 Å². The van der Waals surface area contributed by atoms with Crippen molar-refractivity contribution in [2.24, 2.45) is 0 Å². The van der Waals surface area contributed by atoms with Gasteiger partial charge in [-0.05, 0) is 52.6 Å². The van der Waals surface area contributed by atoms with E-state index >= 15 is 14.4 Å². The Balaban J connectivity index is 1.43. The van der Waals surface area contributed by atoms with Crippen molar-refractivity contribution in [2.45, 2.75) is 16.9 Å². The molecule has 1 saturated heterocycles. The average molecular weight is 645 g/mol. The van der Waals surface area contributed by atoms with Crippen LogP contribution in [0, 0.1) is 0 Å². The van der Waals surface area contributed by atoms with Crippen LogP contribution in [0.5, 0.6) is 0 Å². The molecular weight excluding hydrogens is 616 g/mol. The van der Waals surface area contributed by atoms with Crippen molar-refractivity contribution in [3.8, 4) is 0 Å². The second-order valence-electron chi connectivity index (χ2n) is 12.1. The van der Waals surface area contributed by atoms with E-state index in [9.17, 15) is 0 Å². The fraction of sp³-hybridized carbons (Fsp3) is 0.0714. The number of β-lactam (4-membered cyclic amide) rings is 1. The maximum absolute atomic E-state index is 15.8. The number of hydrogen-bond acceptors (Lipinski definition) is 3. The number of benzene rings is 6. The lowest BCUT2D eigenvalue weighted by molar-refractivity contribution is -0.147. The molecule has 2 aliphatic rings. The molecule has 1 unspecified atom stereocenters. The molecule has 232 valence electrons. The Labute approximate surface area is 283 Å². The van der Waals surface area contributed by atoms with E-state index < -0.39 is 28.7 Å². The monoisotopic (exact) mass is 644 g/mol. The summed E-state index contributed by atoms with van der Waals surface area (Å²) >= 11 is 6.32. The highest BCUT2D eigenvalue weighted by atomic mass is 35.5. The van der Waals surface area contributed by atoms with Crippen molar-refractivity contribution >= 4 is 40.7 Å². The third kappa shape index (κ3) is 4.01. The summed E-state index contributed by atoms with van der Waals surface area (Å²) in [6, 6.07) is 52.1. The van der Waals surface area contributed by atoms with Crippen LogP contribution in [0.25, 0.3) is 0 Å². The highest BCUT2D eigenvalue weighted by Crippen LogP contribution is 2.66. The quantitative estimate of drug-likeness (QED) is 0.172. The molecule has 6 heteroatoms. The minimum atomic E-state index is -1.65. The first kappa shape index (κ1) is 29.6. The van der Waals surface area contributed by atoms with Gasteiger partial charge in [-0.15, -0.1) is 0 Å². The van der Waals surface area contributed by atoms with Gasteiger partial charge in [-0.1, -0.05) is 151 Å². The molecule has 0 aromatic heterocycles. The number of anilines is 2. The summed E-state index contributed by atoms with van der Waals surface area (Å²) in [5.74, 6) is -1.94. The molecule has 5 nitrogen and oxygen atoms in total. The molecule has 1 spiro atoms. The lowest BCUT2D eigenvalue weighted by Gasteiger charge is -2.62. The van der Waals surface area contributed by atoms with Crippen molar-refractivity contribution in [1.29, 1.82) is 0 Å². The van der Waals surface area contributed by atoms with Crippen LogP contribution in [-0.2, 0) is 25.3 Å². The zero-order valence-corrected chi connectivity index (χ0v) is 26.5. The van der Waals surface area contributed by atoms with Gasteiger partial charge in [-0.2, -0.15) is 0 Å². The van der Waals surface area contributed by atoms with Gasteiger partial charge in [-0.3, -0.25) is 19.3 Å². The molecule has 6 aromatic carbocycles. The third-order valence-corrected chi connectivity index (χ3v) is 9.93. The minimum Gasteiger partial charge on any atom is -0.290 e. The van der Waals surface area contributed by atoms with Crippen LogP contribution in [-0.4, -0.2) is 17.7 Å². The van der Waals surface area contributed by atoms with Crippen molar-refractivity contribution in [2.75, 3.05) is 9.80 Å². The van der Waals surface area contributed by atoms with Crippen molar-refractivity contribution < 1.29 is 14.4 Å². The largest absolute Gasteiger partial charge is 0.290 e. The van der Waals surface area contributed by atoms with Crippen molar-refractivity contribution in [3.63, 3.8) is 0 Å². The predicted octanol–water partition coefficient (Wildman–Crippen LogP) is 8.27. The van der Waals surface area contributed by atoms with Crippen LogP contribution in [0.3, 0.4) is 0 Å². The highest BCUT2D eigenvalue weighted by Gasteiger charge is 2.81. The number of carbonyl (C=O) groups is 3. The normalized spacial score (nSPS) is 17.8. The first-order valence-corrected chi connectivity index (χ1v) is 16.2. The van der Waals surface area contributed by atoms with Gasteiger partial charge in [0.1, 0.15) is 5.41 Å². The van der Waals surface area contributed by atoms with E-state index in [-0.39, 0.29) is 5.91 Å². The topological polar surface area (TPSA) is 57.7 Å². The second kappa shape index (κ2) is 11.5. The molecular formula is C42H29ClN2O3. The molecule has 8 rings (SSSR count). The molecule has 2 aliphatic heterocycles. The summed E-state index contributed by atoms with van der Waals surface area (Å²) in [5, 5.41) is 0.502. The fourth-order valence-electron chi connectivity index (χ4n) is 7.75. The second-order valence-corrected chi connectivity index (χ2v) is 12.5. The number of nitrogens with zero attached hydrogens (tertiary/aromatic N) is 2. The molecule has 6 aromatic rings. The van der Waals surface area contributed by atoms with E-state index in [1.54, 1.807) is 35.2 Å². The summed E-state index contributed by atoms with van der Waals surface area (Å²) in [4.78, 5) is 49.1. The summed E-state index contributed by atoms with van der Waals surface area (Å²) in [7, 11) is 0. The Morgan fingerprint density at radius 1 is 0.542 bits per heavy atom. The van der Waals surface area contributed by atoms with Crippen LogP contribution in [0.4, 0.5) is 11.4 Å². The molecule has 0 radical (unpaired) electrons. The van der Waals surface area contributed by atoms with Gasteiger partial charge in [0.25, 0.3) is 5.91 Å². The van der Waals surface area contributed by atoms with Crippen LogP contribution < -0.4 is 9.80 Å². The lowest BCUT2D eigenvalue weighted by Crippen LogP contribution is -2.82. The highest BCUT2D eigenvalue weighted by molar-refractivity contribution is 6.34. The van der Waals surface area contributed by atoms with Gasteiger partial charge >= 0.3 is 0 Å². The lowest BCUT2D eigenvalue weighted by atomic mass is 9.51. The number of amides is 3. The molecule has 0 saturated carbocycles. The summed E-state index contributed by atoms with van der Waals surface area (Å²) in [5.41, 5.74) is 1.23. The van der Waals surface area contributed by atoms with Crippen LogP contribution in [0.15, 0.2) is 170 Å². The standard InChI is InChI=1S/C42H29ClN2O3/c43-33-25-27-34(28-26-33)45-39(47)41(31-19-9-3-10-20-31,32-21-11-4-12-22-32)42(45)35-23-13-14-24-36(35)44(40(42)48)38(46)37(29-15-5-1-6-16-29)30-17-7-2-8-18-30/h1-28,37H. The number of carbonyl (C=O) groups excluding carboxylic acids is 3. The fourth-order valence-corrected chi connectivity index (χ4v) is 7.88. The van der Waals surface area contributed by atoms with Gasteiger partial charge in [-0.25, -0.2) is 4.90 Å². The Bertz CT molecular complexity index is 2080. The van der Waals surface area contributed by atoms with E-state index in [2.05, 4.69) is 0 Å². The van der Waals surface area contributed by atoms with Gasteiger partial charge in [0.05, 0.1) is 11.6 Å². The molecule has 48 heavy (non-hydrogen) atoms. The number of hydrogen-bond donors (Lipinski definition) is 0. The molecule has 1 atom stereocenters. The van der Waals surface area contributed by atoms with E-state index in [4.69, 9.17) is 11.6 Å². The Hall–Kier alpha value is -5.78. The van der Waals surface area contributed by atoms with Crippen molar-refractivity contribution in [1.82, 2.24) is 0 Å². The Morgan fingerprint density at radius 2 is 1.00 bits per heavy atom. The van der Waals surface area contributed by atoms with E-state index in [0.717, 1.165) is 11.1 Å². The predicted molar refractivity (Wildman–Crippen MR) is 188 cm³/mol. The number of halogens is 1. The molecule has 2 heterocycles. The minimum absolute atomic E-state index is 0.276. The smallest absolute Gasteiger partial charge is 0.266 e. The summed E-state index contributed by atoms with van der Waals surface area (Å²) in [6.07, 6.45) is 0. The van der Waals surface area contributed by atoms with Gasteiger partial charge < -0.3 is 0 Å². The van der Waals surface area contributed by atoms with E-state index in [1.807, 2.05) is 140 Å². The van der Waals surface area contributed by atoms with E-state index in [1.165, 1.54) is 4.90 Å². The van der Waals surface area contributed by atoms with Gasteiger partial charge in [0.2, 0.25) is 11.8 Å². The first-order chi connectivity index (χ1) is 23.5. The van der Waals surface area contributed by atoms with Crippen LogP contribution in [0.1, 0.15) is 33.7 Å². The summed E-state index contributed by atoms with van der Waals surface area (Å²) in [6.45, 7) is 0. The van der Waals surface area contributed by atoms with Crippen molar-refractivity contribution in [3.05, 3.63) is 203 Å². The average Bonchev–Trinajstić information content (AvgIpc) is 3.41. The number of fused-ring (bicyclic) bond motifs is 2. The molecule has 1 fully saturated rings. The first-order valence-electron chi connectivity index (χ1n) is 15.8. The number of imide groups is 1. The Morgan fingerprint density at radius 3 is 1.52 bits per heavy atom. The zero-order valence-electron chi connectivity index (χ0n) is 25.7. The summed E-state index contributed by atoms with van der Waals surface area (Å²) < 4.78 is 0. The molecule has 0 bridgehead atoms. The maximum Gasteiger partial charge on any atom is 0.266 e. The van der Waals surface area contributed by atoms with E-state index in [0.29, 0.717) is 33.1 Å². The van der Waals surface area contributed by atoms with Crippen LogP contribution >= 0.6 is 11.6 Å². The molecule has 0 N–H and O–H groups in total. The van der Waals surface area contributed by atoms with Crippen LogP contribution in [0.2, 0.25) is 5.02 Å². The number of rotatable bonds is 6. The molecule has 3 amide bonds. The number of para-hydroxylation sites is 1. The Kier molecular flexibility index (Phi) is 7.08. The third-order valence-electron chi connectivity index (χ3n) is 9.68. The van der Waals surface area contributed by atoms with Gasteiger partial charge in [0.15, 0.2) is 5.54 Å². The molecule has 0 aliphatic carbocycles. The SMILES string of the molecule is O=C(C(c1ccccc1)c1ccccc1)N1C(=O)C2(c3ccccc31)N(c1ccc(Cl)cc1)C(=O)C2(c1ccccc1)c1ccccc1.